The second kappa shape index (κ2) is 8.79. The van der Waals surface area contributed by atoms with Gasteiger partial charge in [-0.3, -0.25) is 20.3 Å². The summed E-state index contributed by atoms with van der Waals surface area (Å²) in [6.07, 6.45) is 2.10. The predicted molar refractivity (Wildman–Crippen MR) is 111 cm³/mol. The highest BCUT2D eigenvalue weighted by atomic mass is 79.9. The van der Waals surface area contributed by atoms with Crippen molar-refractivity contribution in [3.05, 3.63) is 58.7 Å². The number of anilines is 1. The molecule has 0 radical (unpaired) electrons. The molecular weight excluding hydrogens is 424 g/mol. The van der Waals surface area contributed by atoms with E-state index in [1.165, 1.54) is 0 Å². The van der Waals surface area contributed by atoms with Crippen LogP contribution < -0.4 is 20.3 Å². The average Bonchev–Trinajstić information content (AvgIpc) is 3.04. The number of benzene rings is 2. The number of nitrogens with one attached hydrogen (secondary N) is 2. The van der Waals surface area contributed by atoms with E-state index >= 15 is 0 Å². The number of carbonyl (C=O) groups is 1. The quantitative estimate of drug-likeness (QED) is 0.544. The van der Waals surface area contributed by atoms with Crippen molar-refractivity contribution in [1.29, 1.82) is 0 Å². The van der Waals surface area contributed by atoms with Crippen molar-refractivity contribution < 1.29 is 14.3 Å². The summed E-state index contributed by atoms with van der Waals surface area (Å²) in [5, 5.41) is 4.44. The van der Waals surface area contributed by atoms with E-state index in [1.807, 2.05) is 43.6 Å². The number of carbonyl (C=O) groups excluding carboxylic acids is 1. The van der Waals surface area contributed by atoms with E-state index in [1.54, 1.807) is 31.0 Å². The fraction of sp³-hybridized carbons (Fsp3) is 0.200. The second-order valence-electron chi connectivity index (χ2n) is 6.12. The smallest absolute Gasteiger partial charge is 0.242 e. The number of amides is 1. The van der Waals surface area contributed by atoms with E-state index in [2.05, 4.69) is 31.9 Å². The molecule has 8 heteroatoms. The molecule has 0 bridgehead atoms. The van der Waals surface area contributed by atoms with Gasteiger partial charge in [0.1, 0.15) is 5.69 Å². The Morgan fingerprint density at radius 3 is 2.61 bits per heavy atom. The molecule has 0 spiro atoms. The maximum atomic E-state index is 12.3. The summed E-state index contributed by atoms with van der Waals surface area (Å²) < 4.78 is 13.1. The molecule has 2 aromatic carbocycles. The van der Waals surface area contributed by atoms with E-state index < -0.39 is 0 Å². The molecule has 0 saturated heterocycles. The van der Waals surface area contributed by atoms with E-state index in [-0.39, 0.29) is 12.3 Å². The lowest BCUT2D eigenvalue weighted by Gasteiger charge is -2.11. The second-order valence-corrected chi connectivity index (χ2v) is 6.97. The van der Waals surface area contributed by atoms with Crippen molar-refractivity contribution >= 4 is 27.5 Å². The molecule has 28 heavy (non-hydrogen) atoms. The molecule has 7 nitrogen and oxygen atoms in total. The Bertz CT molecular complexity index is 987. The third-order valence-corrected chi connectivity index (χ3v) is 4.66. The van der Waals surface area contributed by atoms with E-state index in [0.717, 1.165) is 27.0 Å². The normalized spacial score (nSPS) is 10.4. The number of aryl methyl sites for hydroxylation is 1. The molecule has 0 aliphatic carbocycles. The van der Waals surface area contributed by atoms with Crippen LogP contribution in [0.3, 0.4) is 0 Å². The summed E-state index contributed by atoms with van der Waals surface area (Å²) in [6, 6.07) is 13.1. The van der Waals surface area contributed by atoms with Gasteiger partial charge in [0, 0.05) is 18.8 Å². The standard InChI is InChI=1S/C20H21BrN4O3/c1-25-12-16(21)20(24-25)14-5-4-6-15(11-14)22-23-19(26)10-13-7-8-17(27-2)18(9-13)28-3/h4-9,11-12,22H,10H2,1-3H3,(H,23,26). The van der Waals surface area contributed by atoms with Gasteiger partial charge in [-0.1, -0.05) is 18.2 Å². The first-order valence-corrected chi connectivity index (χ1v) is 9.35. The first-order valence-electron chi connectivity index (χ1n) is 8.55. The highest BCUT2D eigenvalue weighted by molar-refractivity contribution is 9.10. The number of hydrazine groups is 1. The first kappa shape index (κ1) is 19.8. The zero-order chi connectivity index (χ0) is 20.1. The van der Waals surface area contributed by atoms with Crippen LogP contribution in [0.1, 0.15) is 5.56 Å². The maximum absolute atomic E-state index is 12.3. The summed E-state index contributed by atoms with van der Waals surface area (Å²) in [7, 11) is 5.01. The number of ether oxygens (including phenoxy) is 2. The van der Waals surface area contributed by atoms with Gasteiger partial charge in [-0.15, -0.1) is 0 Å². The zero-order valence-electron chi connectivity index (χ0n) is 15.8. The van der Waals surface area contributed by atoms with E-state index in [4.69, 9.17) is 9.47 Å². The summed E-state index contributed by atoms with van der Waals surface area (Å²) in [4.78, 5) is 12.3. The largest absolute Gasteiger partial charge is 0.493 e. The third kappa shape index (κ3) is 4.64. The summed E-state index contributed by atoms with van der Waals surface area (Å²) in [6.45, 7) is 0. The van der Waals surface area contributed by atoms with Crippen LogP contribution in [0, 0.1) is 0 Å². The molecule has 2 N–H and O–H groups in total. The molecule has 0 saturated carbocycles. The molecule has 0 aliphatic heterocycles. The van der Waals surface area contributed by atoms with Crippen molar-refractivity contribution in [2.24, 2.45) is 7.05 Å². The molecule has 1 amide bonds. The summed E-state index contributed by atoms with van der Waals surface area (Å²) in [5.41, 5.74) is 9.02. The Hall–Kier alpha value is -3.00. The third-order valence-electron chi connectivity index (χ3n) is 4.08. The van der Waals surface area contributed by atoms with Gasteiger partial charge in [0.05, 0.1) is 30.8 Å². The molecule has 1 aromatic heterocycles. The molecule has 3 rings (SSSR count). The Labute approximate surface area is 171 Å². The lowest BCUT2D eigenvalue weighted by atomic mass is 10.1. The number of hydrogen-bond acceptors (Lipinski definition) is 5. The van der Waals surface area contributed by atoms with E-state index in [9.17, 15) is 4.79 Å². The van der Waals surface area contributed by atoms with Crippen LogP contribution in [0.15, 0.2) is 53.1 Å². The van der Waals surface area contributed by atoms with Gasteiger partial charge in [0.25, 0.3) is 0 Å². The molecular formula is C20H21BrN4O3. The minimum absolute atomic E-state index is 0.170. The minimum atomic E-state index is -0.170. The van der Waals surface area contributed by atoms with Gasteiger partial charge in [0.15, 0.2) is 11.5 Å². The number of aromatic nitrogens is 2. The summed E-state index contributed by atoms with van der Waals surface area (Å²) in [5.74, 6) is 1.05. The van der Waals surface area contributed by atoms with Crippen molar-refractivity contribution in [2.75, 3.05) is 19.6 Å². The highest BCUT2D eigenvalue weighted by Crippen LogP contribution is 2.29. The lowest BCUT2D eigenvalue weighted by molar-refractivity contribution is -0.119. The maximum Gasteiger partial charge on any atom is 0.242 e. The molecule has 0 fully saturated rings. The van der Waals surface area contributed by atoms with Crippen molar-refractivity contribution in [1.82, 2.24) is 15.2 Å². The Morgan fingerprint density at radius 2 is 1.93 bits per heavy atom. The first-order chi connectivity index (χ1) is 13.5. The van der Waals surface area contributed by atoms with Crippen LogP contribution in [0.5, 0.6) is 11.5 Å². The Kier molecular flexibility index (Phi) is 6.20. The number of methoxy groups -OCH3 is 2. The van der Waals surface area contributed by atoms with Crippen LogP contribution in [0.4, 0.5) is 5.69 Å². The topological polar surface area (TPSA) is 77.4 Å². The average molecular weight is 445 g/mol. The van der Waals surface area contributed by atoms with Crippen LogP contribution in [0.25, 0.3) is 11.3 Å². The van der Waals surface area contributed by atoms with Gasteiger partial charge in [-0.2, -0.15) is 5.10 Å². The van der Waals surface area contributed by atoms with Gasteiger partial charge in [-0.25, -0.2) is 0 Å². The lowest BCUT2D eigenvalue weighted by Crippen LogP contribution is -2.30. The van der Waals surface area contributed by atoms with Crippen molar-refractivity contribution in [3.8, 4) is 22.8 Å². The number of hydrogen-bond donors (Lipinski definition) is 2. The number of nitrogens with zero attached hydrogens (tertiary/aromatic N) is 2. The van der Waals surface area contributed by atoms with Crippen LogP contribution in [0.2, 0.25) is 0 Å². The fourth-order valence-corrected chi connectivity index (χ4v) is 3.37. The predicted octanol–water partition coefficient (Wildman–Crippen LogP) is 3.55. The molecule has 146 valence electrons. The molecule has 1 heterocycles. The van der Waals surface area contributed by atoms with E-state index in [0.29, 0.717) is 11.5 Å². The van der Waals surface area contributed by atoms with Gasteiger partial charge in [0.2, 0.25) is 5.91 Å². The number of rotatable bonds is 7. The van der Waals surface area contributed by atoms with Crippen LogP contribution in [-0.4, -0.2) is 29.9 Å². The zero-order valence-corrected chi connectivity index (χ0v) is 17.4. The summed E-state index contributed by atoms with van der Waals surface area (Å²) >= 11 is 3.51. The molecule has 0 aliphatic rings. The SMILES string of the molecule is COc1ccc(CC(=O)NNc2cccc(-c3nn(C)cc3Br)c2)cc1OC. The van der Waals surface area contributed by atoms with Gasteiger partial charge >= 0.3 is 0 Å². The molecule has 0 unspecified atom stereocenters. The van der Waals surface area contributed by atoms with Gasteiger partial charge < -0.3 is 9.47 Å². The molecule has 3 aromatic rings. The number of halogens is 1. The Balaban J connectivity index is 1.63. The molecule has 0 atom stereocenters. The van der Waals surface area contributed by atoms with Crippen LogP contribution in [-0.2, 0) is 18.3 Å². The van der Waals surface area contributed by atoms with Crippen molar-refractivity contribution in [2.45, 2.75) is 6.42 Å². The Morgan fingerprint density at radius 1 is 1.14 bits per heavy atom. The van der Waals surface area contributed by atoms with Crippen molar-refractivity contribution in [3.63, 3.8) is 0 Å². The highest BCUT2D eigenvalue weighted by Gasteiger charge is 2.10. The fourth-order valence-electron chi connectivity index (χ4n) is 2.76. The minimum Gasteiger partial charge on any atom is -0.493 e. The van der Waals surface area contributed by atoms with Gasteiger partial charge in [-0.05, 0) is 45.8 Å². The van der Waals surface area contributed by atoms with Crippen LogP contribution >= 0.6 is 15.9 Å². The monoisotopic (exact) mass is 444 g/mol.